The van der Waals surface area contributed by atoms with Crippen molar-refractivity contribution in [3.05, 3.63) is 30.3 Å². The van der Waals surface area contributed by atoms with Gasteiger partial charge in [0.05, 0.1) is 12.0 Å². The molecule has 2 rings (SSSR count). The second kappa shape index (κ2) is 7.47. The smallest absolute Gasteiger partial charge is 0.481 e. The number of carboxylic acid groups (broad SMARTS) is 1. The third kappa shape index (κ3) is 4.56. The minimum atomic E-state index is -0.831. The summed E-state index contributed by atoms with van der Waals surface area (Å²) in [6, 6.07) is 9.62. The Morgan fingerprint density at radius 3 is 2.52 bits per heavy atom. The van der Waals surface area contributed by atoms with Crippen LogP contribution in [0.2, 0.25) is 0 Å². The fourth-order valence-corrected chi connectivity index (χ4v) is 3.18. The molecule has 3 atom stereocenters. The molecule has 0 spiro atoms. The predicted octanol–water partition coefficient (Wildman–Crippen LogP) is 1.65. The van der Waals surface area contributed by atoms with E-state index < -0.39 is 30.5 Å². The maximum Gasteiger partial charge on any atom is 0.494 e. The molecule has 1 aliphatic rings. The van der Waals surface area contributed by atoms with Crippen molar-refractivity contribution in [3.63, 3.8) is 0 Å². The second-order valence-electron chi connectivity index (χ2n) is 7.17. The van der Waals surface area contributed by atoms with Gasteiger partial charge in [-0.05, 0) is 30.3 Å². The Hall–Kier alpha value is -1.37. The molecule has 1 aromatic rings. The summed E-state index contributed by atoms with van der Waals surface area (Å²) in [7, 11) is -0.546. The highest BCUT2D eigenvalue weighted by atomic mass is 16.6. The number of carbonyl (C=O) groups is 1. The molecule has 0 amide bonds. The van der Waals surface area contributed by atoms with Gasteiger partial charge in [-0.2, -0.15) is 0 Å². The summed E-state index contributed by atoms with van der Waals surface area (Å²) in [5, 5.41) is 9.69. The lowest BCUT2D eigenvalue weighted by atomic mass is 9.71. The second-order valence-corrected chi connectivity index (χ2v) is 7.17. The maximum atomic E-state index is 11.8. The highest BCUT2D eigenvalue weighted by molar-refractivity contribution is 6.61. The Kier molecular flexibility index (Phi) is 5.84. The van der Waals surface area contributed by atoms with Crippen molar-refractivity contribution < 1.29 is 19.2 Å². The Labute approximate surface area is 138 Å². The van der Waals surface area contributed by atoms with Gasteiger partial charge in [0.15, 0.2) is 0 Å². The number of hydrogen-bond donors (Lipinski definition) is 2. The van der Waals surface area contributed by atoms with E-state index in [9.17, 15) is 9.90 Å². The van der Waals surface area contributed by atoms with Crippen molar-refractivity contribution in [1.29, 1.82) is 0 Å². The number of hydrogen-bond acceptors (Lipinski definition) is 4. The SMILES string of the molecule is CC(C)(C)C(C(=O)O)[C@H]1C[C@@H](CCN)OB(c2ccccc2)O1. The minimum absolute atomic E-state index is 0.0897. The van der Waals surface area contributed by atoms with E-state index in [1.54, 1.807) is 0 Å². The van der Waals surface area contributed by atoms with Crippen LogP contribution in [-0.4, -0.2) is 36.9 Å². The van der Waals surface area contributed by atoms with Gasteiger partial charge in [-0.3, -0.25) is 4.79 Å². The molecule has 1 aromatic carbocycles. The first-order chi connectivity index (χ1) is 10.8. The summed E-state index contributed by atoms with van der Waals surface area (Å²) >= 11 is 0. The highest BCUT2D eigenvalue weighted by Crippen LogP contribution is 2.35. The van der Waals surface area contributed by atoms with Crippen molar-refractivity contribution in [2.75, 3.05) is 6.54 Å². The summed E-state index contributed by atoms with van der Waals surface area (Å²) < 4.78 is 12.0. The fourth-order valence-electron chi connectivity index (χ4n) is 3.18. The molecule has 1 heterocycles. The summed E-state index contributed by atoms with van der Waals surface area (Å²) in [5.41, 5.74) is 6.17. The van der Waals surface area contributed by atoms with Gasteiger partial charge >= 0.3 is 13.1 Å². The van der Waals surface area contributed by atoms with Crippen LogP contribution in [-0.2, 0) is 14.1 Å². The van der Waals surface area contributed by atoms with Crippen molar-refractivity contribution in [3.8, 4) is 0 Å². The first-order valence-corrected chi connectivity index (χ1v) is 8.11. The molecular formula is C17H26BNO4. The van der Waals surface area contributed by atoms with Crippen LogP contribution in [0.15, 0.2) is 30.3 Å². The van der Waals surface area contributed by atoms with Crippen molar-refractivity contribution >= 4 is 18.6 Å². The van der Waals surface area contributed by atoms with Crippen LogP contribution in [0, 0.1) is 11.3 Å². The van der Waals surface area contributed by atoms with Gasteiger partial charge in [0.1, 0.15) is 0 Å². The maximum absolute atomic E-state index is 11.8. The number of benzene rings is 1. The van der Waals surface area contributed by atoms with Crippen LogP contribution in [0.25, 0.3) is 0 Å². The Balaban J connectivity index is 2.26. The average Bonchev–Trinajstić information content (AvgIpc) is 2.46. The van der Waals surface area contributed by atoms with E-state index in [1.807, 2.05) is 51.1 Å². The molecule has 1 saturated heterocycles. The van der Waals surface area contributed by atoms with E-state index in [0.717, 1.165) is 5.46 Å². The Bertz CT molecular complexity index is 517. The Morgan fingerprint density at radius 1 is 1.35 bits per heavy atom. The first-order valence-electron chi connectivity index (χ1n) is 8.11. The monoisotopic (exact) mass is 319 g/mol. The third-order valence-corrected chi connectivity index (χ3v) is 4.24. The molecule has 0 saturated carbocycles. The summed E-state index contributed by atoms with van der Waals surface area (Å²) in [4.78, 5) is 11.8. The zero-order chi connectivity index (χ0) is 17.0. The molecule has 126 valence electrons. The fraction of sp³-hybridized carbons (Fsp3) is 0.588. The standard InChI is InChI=1S/C17H26BNO4/c1-17(2,3)15(16(20)21)14-11-13(9-10-19)22-18(23-14)12-7-5-4-6-8-12/h4-8,13-15H,9-11,19H2,1-3H3,(H,20,21)/t13-,14-,15?/m1/s1. The quantitative estimate of drug-likeness (QED) is 0.807. The van der Waals surface area contributed by atoms with E-state index in [4.69, 9.17) is 15.0 Å². The van der Waals surface area contributed by atoms with Crippen LogP contribution in [0.3, 0.4) is 0 Å². The van der Waals surface area contributed by atoms with Gasteiger partial charge in [-0.1, -0.05) is 51.1 Å². The van der Waals surface area contributed by atoms with Gasteiger partial charge in [0.25, 0.3) is 0 Å². The molecule has 6 heteroatoms. The number of nitrogens with two attached hydrogens (primary N) is 1. The zero-order valence-electron chi connectivity index (χ0n) is 14.1. The largest absolute Gasteiger partial charge is 0.494 e. The van der Waals surface area contributed by atoms with E-state index in [1.165, 1.54) is 0 Å². The highest BCUT2D eigenvalue weighted by Gasteiger charge is 2.45. The van der Waals surface area contributed by atoms with E-state index in [-0.39, 0.29) is 6.10 Å². The number of aliphatic carboxylic acids is 1. The number of carboxylic acids is 1. The first kappa shape index (κ1) is 18.0. The van der Waals surface area contributed by atoms with E-state index in [0.29, 0.717) is 19.4 Å². The lowest BCUT2D eigenvalue weighted by molar-refractivity contribution is -0.153. The molecule has 1 unspecified atom stereocenters. The van der Waals surface area contributed by atoms with Crippen molar-refractivity contribution in [1.82, 2.24) is 0 Å². The van der Waals surface area contributed by atoms with Crippen LogP contribution in [0.4, 0.5) is 0 Å². The lowest BCUT2D eigenvalue weighted by Gasteiger charge is -2.41. The third-order valence-electron chi connectivity index (χ3n) is 4.24. The minimum Gasteiger partial charge on any atom is -0.481 e. The van der Waals surface area contributed by atoms with Crippen molar-refractivity contribution in [2.24, 2.45) is 17.1 Å². The predicted molar refractivity (Wildman–Crippen MR) is 90.4 cm³/mol. The van der Waals surface area contributed by atoms with Gasteiger partial charge in [-0.15, -0.1) is 0 Å². The molecule has 5 nitrogen and oxygen atoms in total. The summed E-state index contributed by atoms with van der Waals surface area (Å²) in [5.74, 6) is -1.43. The molecule has 0 aliphatic carbocycles. The van der Waals surface area contributed by atoms with Crippen LogP contribution < -0.4 is 11.2 Å². The summed E-state index contributed by atoms with van der Waals surface area (Å²) in [6.45, 7) is 6.30. The zero-order valence-corrected chi connectivity index (χ0v) is 14.1. The van der Waals surface area contributed by atoms with Gasteiger partial charge < -0.3 is 20.1 Å². The molecule has 23 heavy (non-hydrogen) atoms. The van der Waals surface area contributed by atoms with Gasteiger partial charge in [0.2, 0.25) is 0 Å². The molecule has 0 bridgehead atoms. The average molecular weight is 319 g/mol. The number of rotatable bonds is 5. The van der Waals surface area contributed by atoms with E-state index >= 15 is 0 Å². The van der Waals surface area contributed by atoms with Crippen LogP contribution in [0.5, 0.6) is 0 Å². The van der Waals surface area contributed by atoms with Crippen LogP contribution in [0.1, 0.15) is 33.6 Å². The molecule has 0 radical (unpaired) electrons. The molecule has 1 aliphatic heterocycles. The Morgan fingerprint density at radius 2 is 2.00 bits per heavy atom. The summed E-state index contributed by atoms with van der Waals surface area (Å²) in [6.07, 6.45) is 0.755. The van der Waals surface area contributed by atoms with Crippen molar-refractivity contribution in [2.45, 2.75) is 45.8 Å². The normalized spacial score (nSPS) is 23.6. The molecular weight excluding hydrogens is 293 g/mol. The topological polar surface area (TPSA) is 81.8 Å². The molecule has 3 N–H and O–H groups in total. The molecule has 1 fully saturated rings. The lowest BCUT2D eigenvalue weighted by Crippen LogP contribution is -2.54. The van der Waals surface area contributed by atoms with Gasteiger partial charge in [-0.25, -0.2) is 0 Å². The van der Waals surface area contributed by atoms with E-state index in [2.05, 4.69) is 0 Å². The molecule has 0 aromatic heterocycles. The van der Waals surface area contributed by atoms with Crippen LogP contribution >= 0.6 is 0 Å². The van der Waals surface area contributed by atoms with Gasteiger partial charge in [0, 0.05) is 6.10 Å².